The topological polar surface area (TPSA) is 80.0 Å². The highest BCUT2D eigenvalue weighted by Gasteiger charge is 2.13. The van der Waals surface area contributed by atoms with Gasteiger partial charge in [-0.2, -0.15) is 4.52 Å². The molecule has 2 N–H and O–H groups in total. The van der Waals surface area contributed by atoms with Crippen molar-refractivity contribution < 1.29 is 0 Å². The molecule has 90 valence electrons. The molecule has 1 atom stereocenters. The lowest BCUT2D eigenvalue weighted by Crippen LogP contribution is -2.31. The van der Waals surface area contributed by atoms with Gasteiger partial charge in [0.15, 0.2) is 11.5 Å². The number of tetrazole rings is 1. The van der Waals surface area contributed by atoms with Crippen LogP contribution in [0.5, 0.6) is 0 Å². The molecule has 0 aliphatic carbocycles. The number of rotatable bonds is 2. The fraction of sp³-hybridized carbons (Fsp3) is 0.600. The van der Waals surface area contributed by atoms with Gasteiger partial charge >= 0.3 is 0 Å². The first kappa shape index (κ1) is 10.4. The van der Waals surface area contributed by atoms with Gasteiger partial charge in [-0.3, -0.25) is 4.98 Å². The molecular formula is C10H15N7. The zero-order chi connectivity index (χ0) is 11.5. The average Bonchev–Trinajstić information content (AvgIpc) is 2.69. The van der Waals surface area contributed by atoms with Gasteiger partial charge in [0.1, 0.15) is 0 Å². The van der Waals surface area contributed by atoms with Gasteiger partial charge < -0.3 is 10.6 Å². The maximum atomic E-state index is 4.13. The molecule has 1 aliphatic heterocycles. The number of fused-ring (bicyclic) bond motifs is 1. The van der Waals surface area contributed by atoms with Crippen LogP contribution in [-0.4, -0.2) is 44.2 Å². The van der Waals surface area contributed by atoms with Crippen LogP contribution >= 0.6 is 0 Å². The molecule has 0 bridgehead atoms. The first-order chi connectivity index (χ1) is 8.43. The molecule has 3 heterocycles. The van der Waals surface area contributed by atoms with Crippen LogP contribution < -0.4 is 10.6 Å². The number of hydrogen-bond acceptors (Lipinski definition) is 6. The molecule has 7 heteroatoms. The summed E-state index contributed by atoms with van der Waals surface area (Å²) in [5.41, 5.74) is 0.664. The van der Waals surface area contributed by atoms with Gasteiger partial charge in [0.2, 0.25) is 0 Å². The molecule has 1 saturated heterocycles. The SMILES string of the molecule is c1ncc2nnnn2c1NC1CCCCNC1. The molecule has 0 saturated carbocycles. The Morgan fingerprint density at radius 3 is 3.35 bits per heavy atom. The van der Waals surface area contributed by atoms with Gasteiger partial charge in [-0.15, -0.1) is 5.10 Å². The summed E-state index contributed by atoms with van der Waals surface area (Å²) < 4.78 is 1.68. The molecule has 3 rings (SSSR count). The van der Waals surface area contributed by atoms with Crippen molar-refractivity contribution in [2.75, 3.05) is 18.4 Å². The van der Waals surface area contributed by atoms with Gasteiger partial charge in [-0.25, -0.2) is 0 Å². The molecule has 17 heavy (non-hydrogen) atoms. The molecule has 0 radical (unpaired) electrons. The monoisotopic (exact) mass is 233 g/mol. The summed E-state index contributed by atoms with van der Waals surface area (Å²) in [6.07, 6.45) is 7.05. The Labute approximate surface area is 98.6 Å². The van der Waals surface area contributed by atoms with Crippen molar-refractivity contribution in [2.45, 2.75) is 25.3 Å². The highest BCUT2D eigenvalue weighted by atomic mass is 15.5. The fourth-order valence-electron chi connectivity index (χ4n) is 2.13. The van der Waals surface area contributed by atoms with E-state index < -0.39 is 0 Å². The highest BCUT2D eigenvalue weighted by Crippen LogP contribution is 2.12. The summed E-state index contributed by atoms with van der Waals surface area (Å²) in [7, 11) is 0. The van der Waals surface area contributed by atoms with E-state index in [4.69, 9.17) is 0 Å². The Hall–Kier alpha value is -1.76. The summed E-state index contributed by atoms with van der Waals surface area (Å²) in [6.45, 7) is 2.07. The third-order valence-corrected chi connectivity index (χ3v) is 3.01. The Bertz CT molecular complexity index is 486. The quantitative estimate of drug-likeness (QED) is 0.764. The number of hydrogen-bond donors (Lipinski definition) is 2. The normalized spacial score (nSPS) is 21.3. The molecule has 2 aromatic rings. The van der Waals surface area contributed by atoms with Gasteiger partial charge in [0, 0.05) is 12.6 Å². The second kappa shape index (κ2) is 4.62. The minimum Gasteiger partial charge on any atom is -0.365 e. The van der Waals surface area contributed by atoms with E-state index in [-0.39, 0.29) is 0 Å². The Morgan fingerprint density at radius 1 is 1.35 bits per heavy atom. The third-order valence-electron chi connectivity index (χ3n) is 3.01. The first-order valence-electron chi connectivity index (χ1n) is 5.93. The lowest BCUT2D eigenvalue weighted by Gasteiger charge is -2.17. The first-order valence-corrected chi connectivity index (χ1v) is 5.93. The van der Waals surface area contributed by atoms with Crippen LogP contribution in [0.25, 0.3) is 5.65 Å². The van der Waals surface area contributed by atoms with Crippen LogP contribution in [0.1, 0.15) is 19.3 Å². The van der Waals surface area contributed by atoms with Crippen molar-refractivity contribution in [3.05, 3.63) is 12.4 Å². The van der Waals surface area contributed by atoms with Crippen molar-refractivity contribution in [1.82, 2.24) is 30.3 Å². The van der Waals surface area contributed by atoms with Gasteiger partial charge in [0.25, 0.3) is 0 Å². The van der Waals surface area contributed by atoms with Crippen LogP contribution in [0.4, 0.5) is 5.82 Å². The van der Waals surface area contributed by atoms with Crippen molar-refractivity contribution in [1.29, 1.82) is 0 Å². The molecule has 0 spiro atoms. The standard InChI is InChI=1S/C10H15N7/c1-2-4-11-5-8(3-1)13-9-6-12-7-10-14-15-16-17(9)10/h6-8,11,13H,1-5H2. The van der Waals surface area contributed by atoms with Crippen LogP contribution in [0, 0.1) is 0 Å². The van der Waals surface area contributed by atoms with Crippen LogP contribution in [0.15, 0.2) is 12.4 Å². The lowest BCUT2D eigenvalue weighted by molar-refractivity contribution is 0.629. The zero-order valence-electron chi connectivity index (χ0n) is 9.50. The van der Waals surface area contributed by atoms with Crippen molar-refractivity contribution >= 4 is 11.5 Å². The second-order valence-electron chi connectivity index (χ2n) is 4.28. The Balaban J connectivity index is 1.81. The highest BCUT2D eigenvalue weighted by molar-refractivity contribution is 5.44. The molecular weight excluding hydrogens is 218 g/mol. The predicted molar refractivity (Wildman–Crippen MR) is 62.7 cm³/mol. The van der Waals surface area contributed by atoms with E-state index in [1.165, 1.54) is 12.8 Å². The maximum Gasteiger partial charge on any atom is 0.199 e. The summed E-state index contributed by atoms with van der Waals surface area (Å²) in [6, 6.07) is 0.411. The van der Waals surface area contributed by atoms with Gasteiger partial charge in [-0.1, -0.05) is 6.42 Å². The Morgan fingerprint density at radius 2 is 2.35 bits per heavy atom. The van der Waals surface area contributed by atoms with Crippen molar-refractivity contribution in [3.8, 4) is 0 Å². The van der Waals surface area contributed by atoms with E-state index in [0.29, 0.717) is 11.7 Å². The van der Waals surface area contributed by atoms with E-state index >= 15 is 0 Å². The number of nitrogens with one attached hydrogen (secondary N) is 2. The van der Waals surface area contributed by atoms with Crippen molar-refractivity contribution in [3.63, 3.8) is 0 Å². The van der Waals surface area contributed by atoms with Crippen molar-refractivity contribution in [2.24, 2.45) is 0 Å². The minimum absolute atomic E-state index is 0.411. The average molecular weight is 233 g/mol. The molecule has 1 aliphatic rings. The predicted octanol–water partition coefficient (Wildman–Crippen LogP) is 0.0733. The smallest absolute Gasteiger partial charge is 0.199 e. The molecule has 0 aromatic carbocycles. The number of anilines is 1. The number of aromatic nitrogens is 5. The number of nitrogens with zero attached hydrogens (tertiary/aromatic N) is 5. The van der Waals surface area contributed by atoms with E-state index in [2.05, 4.69) is 31.1 Å². The molecule has 1 unspecified atom stereocenters. The lowest BCUT2D eigenvalue weighted by atomic mass is 10.1. The van der Waals surface area contributed by atoms with E-state index in [0.717, 1.165) is 25.3 Å². The Kier molecular flexibility index (Phi) is 2.83. The van der Waals surface area contributed by atoms with E-state index in [9.17, 15) is 0 Å². The second-order valence-corrected chi connectivity index (χ2v) is 4.28. The zero-order valence-corrected chi connectivity index (χ0v) is 9.50. The molecule has 7 nitrogen and oxygen atoms in total. The molecule has 2 aromatic heterocycles. The van der Waals surface area contributed by atoms with Crippen LogP contribution in [0.3, 0.4) is 0 Å². The summed E-state index contributed by atoms with van der Waals surface area (Å²) in [5, 5.41) is 18.3. The third kappa shape index (κ3) is 2.19. The summed E-state index contributed by atoms with van der Waals surface area (Å²) in [5.74, 6) is 0.848. The molecule has 1 fully saturated rings. The van der Waals surface area contributed by atoms with Crippen LogP contribution in [-0.2, 0) is 0 Å². The largest absolute Gasteiger partial charge is 0.365 e. The molecule has 0 amide bonds. The summed E-state index contributed by atoms with van der Waals surface area (Å²) >= 11 is 0. The summed E-state index contributed by atoms with van der Waals surface area (Å²) in [4.78, 5) is 4.13. The fourth-order valence-corrected chi connectivity index (χ4v) is 2.13. The maximum absolute atomic E-state index is 4.13. The van der Waals surface area contributed by atoms with Gasteiger partial charge in [-0.05, 0) is 29.8 Å². The van der Waals surface area contributed by atoms with Crippen LogP contribution in [0.2, 0.25) is 0 Å². The van der Waals surface area contributed by atoms with E-state index in [1.54, 1.807) is 16.9 Å². The minimum atomic E-state index is 0.411. The van der Waals surface area contributed by atoms with Gasteiger partial charge in [0.05, 0.1) is 12.4 Å². The van der Waals surface area contributed by atoms with E-state index in [1.807, 2.05) is 0 Å².